The first kappa shape index (κ1) is 13.6. The Morgan fingerprint density at radius 3 is 2.37 bits per heavy atom. The number of benzene rings is 1. The summed E-state index contributed by atoms with van der Waals surface area (Å²) in [5, 5.41) is 2.89. The lowest BCUT2D eigenvalue weighted by atomic mass is 10.1. The number of amides is 2. The van der Waals surface area contributed by atoms with Crippen LogP contribution in [-0.2, 0) is 9.59 Å². The van der Waals surface area contributed by atoms with Gasteiger partial charge in [-0.1, -0.05) is 18.2 Å². The number of anilines is 1. The highest BCUT2D eigenvalue weighted by atomic mass is 16.2. The zero-order valence-corrected chi connectivity index (χ0v) is 11.7. The van der Waals surface area contributed by atoms with Gasteiger partial charge in [-0.25, -0.2) is 0 Å². The molecule has 4 nitrogen and oxygen atoms in total. The van der Waals surface area contributed by atoms with E-state index in [1.165, 1.54) is 4.90 Å². The summed E-state index contributed by atoms with van der Waals surface area (Å²) in [5.74, 6) is 0.0866. The highest BCUT2D eigenvalue weighted by molar-refractivity contribution is 5.96. The average Bonchev–Trinajstić information content (AvgIpc) is 3.17. The highest BCUT2D eigenvalue weighted by Gasteiger charge is 2.32. The van der Waals surface area contributed by atoms with Gasteiger partial charge < -0.3 is 10.2 Å². The van der Waals surface area contributed by atoms with Gasteiger partial charge in [0.25, 0.3) is 0 Å². The summed E-state index contributed by atoms with van der Waals surface area (Å²) < 4.78 is 0. The van der Waals surface area contributed by atoms with E-state index in [4.69, 9.17) is 0 Å². The fourth-order valence-electron chi connectivity index (χ4n) is 2.13. The zero-order valence-electron chi connectivity index (χ0n) is 11.7. The van der Waals surface area contributed by atoms with Crippen LogP contribution in [0.1, 0.15) is 24.0 Å². The molecule has 0 aliphatic heterocycles. The molecule has 0 spiro atoms. The molecule has 4 heteroatoms. The first-order valence-corrected chi connectivity index (χ1v) is 6.60. The van der Waals surface area contributed by atoms with Gasteiger partial charge in [0, 0.05) is 18.7 Å². The van der Waals surface area contributed by atoms with Crippen molar-refractivity contribution in [1.29, 1.82) is 0 Å². The monoisotopic (exact) mass is 260 g/mol. The van der Waals surface area contributed by atoms with Crippen molar-refractivity contribution < 1.29 is 9.59 Å². The van der Waals surface area contributed by atoms with Gasteiger partial charge in [-0.15, -0.1) is 0 Å². The zero-order chi connectivity index (χ0) is 14.0. The summed E-state index contributed by atoms with van der Waals surface area (Å²) in [4.78, 5) is 25.3. The summed E-state index contributed by atoms with van der Waals surface area (Å²) in [6, 6.07) is 5.88. The Labute approximate surface area is 113 Å². The Hall–Kier alpha value is -1.84. The largest absolute Gasteiger partial charge is 0.336 e. The molecule has 0 saturated heterocycles. The number of nitrogens with one attached hydrogen (secondary N) is 1. The Bertz CT molecular complexity index is 487. The summed E-state index contributed by atoms with van der Waals surface area (Å²) in [7, 11) is 1.69. The lowest BCUT2D eigenvalue weighted by Crippen LogP contribution is -2.36. The number of nitrogens with zero attached hydrogens (tertiary/aromatic N) is 1. The predicted octanol–water partition coefficient (Wildman–Crippen LogP) is 2.11. The van der Waals surface area contributed by atoms with Crippen molar-refractivity contribution in [3.05, 3.63) is 29.3 Å². The van der Waals surface area contributed by atoms with E-state index in [9.17, 15) is 9.59 Å². The number of hydrogen-bond acceptors (Lipinski definition) is 2. The third-order valence-corrected chi connectivity index (χ3v) is 3.43. The van der Waals surface area contributed by atoms with Gasteiger partial charge in [0.15, 0.2) is 0 Å². The molecular weight excluding hydrogens is 240 g/mol. The quantitative estimate of drug-likeness (QED) is 0.901. The van der Waals surface area contributed by atoms with Crippen molar-refractivity contribution >= 4 is 17.5 Å². The van der Waals surface area contributed by atoms with Crippen LogP contribution in [0.5, 0.6) is 0 Å². The van der Waals surface area contributed by atoms with Crippen LogP contribution in [0, 0.1) is 19.8 Å². The highest BCUT2D eigenvalue weighted by Crippen LogP contribution is 2.30. The summed E-state index contributed by atoms with van der Waals surface area (Å²) in [6.45, 7) is 4.03. The molecule has 0 atom stereocenters. The number of carbonyl (C=O) groups excluding carboxylic acids is 2. The number of carbonyl (C=O) groups is 2. The second-order valence-corrected chi connectivity index (χ2v) is 5.28. The van der Waals surface area contributed by atoms with Crippen LogP contribution in [-0.4, -0.2) is 30.3 Å². The maximum atomic E-state index is 12.0. The molecule has 1 fully saturated rings. The molecule has 0 unspecified atom stereocenters. The lowest BCUT2D eigenvalue weighted by molar-refractivity contribution is -0.134. The molecule has 1 aliphatic carbocycles. The van der Waals surface area contributed by atoms with Crippen LogP contribution in [0.3, 0.4) is 0 Å². The SMILES string of the molecule is Cc1cccc(C)c1NC(=O)CN(C)C(=O)C1CC1. The molecule has 0 radical (unpaired) electrons. The van der Waals surface area contributed by atoms with Gasteiger partial charge in [-0.2, -0.15) is 0 Å². The van der Waals surface area contributed by atoms with E-state index < -0.39 is 0 Å². The molecular formula is C15H20N2O2. The number of likely N-dealkylation sites (N-methyl/N-ethyl adjacent to an activating group) is 1. The van der Waals surface area contributed by atoms with Gasteiger partial charge in [-0.05, 0) is 37.8 Å². The molecule has 2 rings (SSSR count). The van der Waals surface area contributed by atoms with Crippen molar-refractivity contribution in [3.8, 4) is 0 Å². The molecule has 0 aromatic heterocycles. The molecule has 19 heavy (non-hydrogen) atoms. The average molecular weight is 260 g/mol. The van der Waals surface area contributed by atoms with Gasteiger partial charge in [-0.3, -0.25) is 9.59 Å². The van der Waals surface area contributed by atoms with Crippen molar-refractivity contribution in [2.24, 2.45) is 5.92 Å². The normalized spacial score (nSPS) is 14.1. The van der Waals surface area contributed by atoms with E-state index in [1.807, 2.05) is 32.0 Å². The Morgan fingerprint density at radius 2 is 1.84 bits per heavy atom. The summed E-state index contributed by atoms with van der Waals surface area (Å²) >= 11 is 0. The molecule has 1 aromatic carbocycles. The molecule has 1 aliphatic rings. The van der Waals surface area contributed by atoms with Crippen LogP contribution in [0.25, 0.3) is 0 Å². The van der Waals surface area contributed by atoms with E-state index in [2.05, 4.69) is 5.32 Å². The number of hydrogen-bond donors (Lipinski definition) is 1. The minimum absolute atomic E-state index is 0.0802. The maximum Gasteiger partial charge on any atom is 0.243 e. The molecule has 102 valence electrons. The van der Waals surface area contributed by atoms with Crippen LogP contribution in [0.15, 0.2) is 18.2 Å². The van der Waals surface area contributed by atoms with E-state index in [1.54, 1.807) is 7.05 Å². The molecule has 1 aromatic rings. The second kappa shape index (κ2) is 5.43. The Balaban J connectivity index is 1.95. The van der Waals surface area contributed by atoms with E-state index >= 15 is 0 Å². The minimum atomic E-state index is -0.145. The number of rotatable bonds is 4. The van der Waals surface area contributed by atoms with E-state index in [0.29, 0.717) is 0 Å². The van der Waals surface area contributed by atoms with Gasteiger partial charge >= 0.3 is 0 Å². The lowest BCUT2D eigenvalue weighted by Gasteiger charge is -2.17. The van der Waals surface area contributed by atoms with Crippen LogP contribution >= 0.6 is 0 Å². The summed E-state index contributed by atoms with van der Waals surface area (Å²) in [6.07, 6.45) is 1.92. The molecule has 0 heterocycles. The van der Waals surface area contributed by atoms with Gasteiger partial charge in [0.2, 0.25) is 11.8 Å². The van der Waals surface area contributed by atoms with E-state index in [-0.39, 0.29) is 24.3 Å². The molecule has 0 bridgehead atoms. The van der Waals surface area contributed by atoms with Crippen molar-refractivity contribution in [3.63, 3.8) is 0 Å². The topological polar surface area (TPSA) is 49.4 Å². The standard InChI is InChI=1S/C15H20N2O2/c1-10-5-4-6-11(2)14(10)16-13(18)9-17(3)15(19)12-7-8-12/h4-6,12H,7-9H2,1-3H3,(H,16,18). The first-order chi connectivity index (χ1) is 8.99. The van der Waals surface area contributed by atoms with Crippen LogP contribution in [0.2, 0.25) is 0 Å². The third-order valence-electron chi connectivity index (χ3n) is 3.43. The molecule has 1 saturated carbocycles. The van der Waals surface area contributed by atoms with Gasteiger partial charge in [0.05, 0.1) is 6.54 Å². The fraction of sp³-hybridized carbons (Fsp3) is 0.467. The maximum absolute atomic E-state index is 12.0. The predicted molar refractivity (Wildman–Crippen MR) is 74.9 cm³/mol. The smallest absolute Gasteiger partial charge is 0.243 e. The minimum Gasteiger partial charge on any atom is -0.336 e. The van der Waals surface area contributed by atoms with E-state index in [0.717, 1.165) is 29.7 Å². The van der Waals surface area contributed by atoms with Gasteiger partial charge in [0.1, 0.15) is 0 Å². The number of para-hydroxylation sites is 1. The second-order valence-electron chi connectivity index (χ2n) is 5.28. The van der Waals surface area contributed by atoms with Crippen molar-refractivity contribution in [2.75, 3.05) is 18.9 Å². The Kier molecular flexibility index (Phi) is 3.88. The van der Waals surface area contributed by atoms with Crippen molar-refractivity contribution in [1.82, 2.24) is 4.90 Å². The van der Waals surface area contributed by atoms with Crippen molar-refractivity contribution in [2.45, 2.75) is 26.7 Å². The third kappa shape index (κ3) is 3.34. The van der Waals surface area contributed by atoms with Crippen LogP contribution < -0.4 is 5.32 Å². The molecule has 2 amide bonds. The summed E-state index contributed by atoms with van der Waals surface area (Å²) in [5.41, 5.74) is 2.91. The first-order valence-electron chi connectivity index (χ1n) is 6.60. The number of aryl methyl sites for hydroxylation is 2. The Morgan fingerprint density at radius 1 is 1.26 bits per heavy atom. The molecule has 1 N–H and O–H groups in total. The fourth-order valence-corrected chi connectivity index (χ4v) is 2.13. The van der Waals surface area contributed by atoms with Crippen LogP contribution in [0.4, 0.5) is 5.69 Å².